The van der Waals surface area contributed by atoms with Crippen molar-refractivity contribution in [3.05, 3.63) is 28.7 Å². The van der Waals surface area contributed by atoms with Crippen LogP contribution in [0, 0.1) is 0 Å². The van der Waals surface area contributed by atoms with E-state index in [1.54, 1.807) is 0 Å². The van der Waals surface area contributed by atoms with Crippen molar-refractivity contribution in [2.45, 2.75) is 6.42 Å². The van der Waals surface area contributed by atoms with E-state index in [4.69, 9.17) is 4.74 Å². The number of carbonyl (C=O) groups is 3. The second-order valence-electron chi connectivity index (χ2n) is 5.69. The van der Waals surface area contributed by atoms with Gasteiger partial charge in [0.25, 0.3) is 0 Å². The minimum Gasteiger partial charge on any atom is -0.530 e. The average Bonchev–Trinajstić information content (AvgIpc) is 3.01. The van der Waals surface area contributed by atoms with Gasteiger partial charge in [0, 0.05) is 44.9 Å². The summed E-state index contributed by atoms with van der Waals surface area (Å²) in [6.45, 7) is 2.25. The van der Waals surface area contributed by atoms with E-state index in [9.17, 15) is 19.5 Å². The molecule has 1 aliphatic carbocycles. The van der Waals surface area contributed by atoms with Gasteiger partial charge in [-0.1, -0.05) is 0 Å². The number of carboxylic acid groups (broad SMARTS) is 1. The number of Topliss-reactive ketones (excluding diaryl/α,β-unsaturated/α-hetero) is 1. The number of rotatable bonds is 4. The first-order valence-corrected chi connectivity index (χ1v) is 7.62. The van der Waals surface area contributed by atoms with Crippen LogP contribution in [0.5, 0.6) is 0 Å². The molecule has 1 aromatic heterocycles. The topological polar surface area (TPSA) is 119 Å². The van der Waals surface area contributed by atoms with Crippen LogP contribution in [-0.2, 0) is 11.2 Å². The van der Waals surface area contributed by atoms with E-state index in [0.717, 1.165) is 4.90 Å². The number of ether oxygens (including phenoxy) is 1. The number of nitrogens with one attached hydrogen (secondary N) is 1. The highest BCUT2D eigenvalue weighted by Crippen LogP contribution is 2.25. The van der Waals surface area contributed by atoms with Crippen molar-refractivity contribution in [3.63, 3.8) is 0 Å². The van der Waals surface area contributed by atoms with E-state index in [0.29, 0.717) is 37.7 Å². The molecule has 2 heterocycles. The first-order valence-electron chi connectivity index (χ1n) is 7.62. The van der Waals surface area contributed by atoms with E-state index in [-0.39, 0.29) is 35.8 Å². The third-order valence-corrected chi connectivity index (χ3v) is 4.16. The summed E-state index contributed by atoms with van der Waals surface area (Å²) < 4.78 is 5.26. The van der Waals surface area contributed by atoms with Crippen LogP contribution in [0.3, 0.4) is 0 Å². The zero-order valence-electron chi connectivity index (χ0n) is 13.2. The molecule has 9 heteroatoms. The molecular formula is C15H17N4O5-. The third kappa shape index (κ3) is 2.90. The Bertz CT molecular complexity index is 717. The van der Waals surface area contributed by atoms with Crippen molar-refractivity contribution in [1.82, 2.24) is 20.0 Å². The van der Waals surface area contributed by atoms with Crippen LogP contribution >= 0.6 is 0 Å². The minimum atomic E-state index is -1.31. The number of hydrogen-bond acceptors (Lipinski definition) is 7. The summed E-state index contributed by atoms with van der Waals surface area (Å²) >= 11 is 0. The van der Waals surface area contributed by atoms with E-state index in [1.165, 1.54) is 13.1 Å². The van der Waals surface area contributed by atoms with Gasteiger partial charge in [0.1, 0.15) is 11.8 Å². The van der Waals surface area contributed by atoms with Crippen LogP contribution in [-0.4, -0.2) is 77.6 Å². The lowest BCUT2D eigenvalue weighted by atomic mass is 9.95. The molecule has 1 N–H and O–H groups in total. The molecular weight excluding hydrogens is 316 g/mol. The van der Waals surface area contributed by atoms with Crippen molar-refractivity contribution in [3.8, 4) is 0 Å². The number of aromatic nitrogens is 2. The Balaban J connectivity index is 1.81. The van der Waals surface area contributed by atoms with Crippen LogP contribution in [0.2, 0.25) is 0 Å². The third-order valence-electron chi connectivity index (χ3n) is 4.16. The molecule has 1 amide bonds. The summed E-state index contributed by atoms with van der Waals surface area (Å²) in [7, 11) is 1.38. The Hall–Kier alpha value is -2.68. The summed E-state index contributed by atoms with van der Waals surface area (Å²) in [5.74, 6) is -0.604. The largest absolute Gasteiger partial charge is 0.530 e. The summed E-state index contributed by atoms with van der Waals surface area (Å²) in [4.78, 5) is 38.6. The second kappa shape index (κ2) is 6.44. The zero-order chi connectivity index (χ0) is 17.3. The zero-order valence-corrected chi connectivity index (χ0v) is 13.2. The molecule has 0 saturated carbocycles. The maximum atomic E-state index is 12.6. The van der Waals surface area contributed by atoms with Gasteiger partial charge in [0.2, 0.25) is 5.78 Å². The number of aromatic amines is 1. The van der Waals surface area contributed by atoms with Gasteiger partial charge in [0.15, 0.2) is 5.78 Å². The van der Waals surface area contributed by atoms with Gasteiger partial charge in [-0.25, -0.2) is 0 Å². The predicted octanol–water partition coefficient (Wildman–Crippen LogP) is -1.18. The van der Waals surface area contributed by atoms with Gasteiger partial charge in [-0.2, -0.15) is 5.10 Å². The molecule has 0 unspecified atom stereocenters. The first-order chi connectivity index (χ1) is 11.5. The van der Waals surface area contributed by atoms with Gasteiger partial charge in [-0.3, -0.25) is 14.7 Å². The van der Waals surface area contributed by atoms with Gasteiger partial charge in [-0.05, 0) is 0 Å². The molecule has 0 spiro atoms. The fourth-order valence-corrected chi connectivity index (χ4v) is 2.78. The molecule has 0 aromatic carbocycles. The van der Waals surface area contributed by atoms with Crippen molar-refractivity contribution in [1.29, 1.82) is 0 Å². The van der Waals surface area contributed by atoms with Crippen molar-refractivity contribution in [2.75, 3.05) is 39.9 Å². The Labute approximate surface area is 137 Å². The molecule has 24 heavy (non-hydrogen) atoms. The van der Waals surface area contributed by atoms with E-state index < -0.39 is 6.09 Å². The summed E-state index contributed by atoms with van der Waals surface area (Å²) in [5.41, 5.74) is 1.10. The Morgan fingerprint density at radius 2 is 2.12 bits per heavy atom. The van der Waals surface area contributed by atoms with Crippen LogP contribution < -0.4 is 5.11 Å². The maximum Gasteiger partial charge on any atom is 0.230 e. The molecule has 1 fully saturated rings. The number of allylic oxidation sites excluding steroid dienone is 2. The number of hydrogen-bond donors (Lipinski definition) is 1. The molecule has 0 radical (unpaired) electrons. The summed E-state index contributed by atoms with van der Waals surface area (Å²) in [5, 5.41) is 17.4. The average molecular weight is 333 g/mol. The summed E-state index contributed by atoms with van der Waals surface area (Å²) in [6, 6.07) is 0. The molecule has 0 atom stereocenters. The normalized spacial score (nSPS) is 17.5. The smallest absolute Gasteiger partial charge is 0.230 e. The highest BCUT2D eigenvalue weighted by atomic mass is 16.5. The standard InChI is InChI=1S/C15H18N4O5/c1-18(15(22)23)3-2-9-12-11(20)8-10(14(21)13(12)17-16-9)19-4-6-24-7-5-19/h8H,2-7H2,1H3,(H,16,17)(H,22,23)/p-1. The van der Waals surface area contributed by atoms with Crippen molar-refractivity contribution in [2.24, 2.45) is 0 Å². The van der Waals surface area contributed by atoms with Gasteiger partial charge in [0.05, 0.1) is 24.5 Å². The Morgan fingerprint density at radius 1 is 1.42 bits per heavy atom. The van der Waals surface area contributed by atoms with Gasteiger partial charge in [-0.15, -0.1) is 0 Å². The van der Waals surface area contributed by atoms with Gasteiger partial charge < -0.3 is 24.4 Å². The van der Waals surface area contributed by atoms with E-state index >= 15 is 0 Å². The lowest BCUT2D eigenvalue weighted by Gasteiger charge is -2.31. The van der Waals surface area contributed by atoms with Crippen molar-refractivity contribution < 1.29 is 24.2 Å². The number of carbonyl (C=O) groups excluding carboxylic acids is 3. The number of ketones is 2. The molecule has 128 valence electrons. The van der Waals surface area contributed by atoms with E-state index in [2.05, 4.69) is 10.2 Å². The molecule has 0 bridgehead atoms. The van der Waals surface area contributed by atoms with Crippen LogP contribution in [0.1, 0.15) is 26.5 Å². The molecule has 1 saturated heterocycles. The Morgan fingerprint density at radius 3 is 2.79 bits per heavy atom. The molecule has 9 nitrogen and oxygen atoms in total. The Kier molecular flexibility index (Phi) is 4.34. The quantitative estimate of drug-likeness (QED) is 0.737. The van der Waals surface area contributed by atoms with Crippen LogP contribution in [0.25, 0.3) is 0 Å². The lowest BCUT2D eigenvalue weighted by Crippen LogP contribution is -2.40. The lowest BCUT2D eigenvalue weighted by molar-refractivity contribution is -0.263. The molecule has 2 aliphatic rings. The SMILES string of the molecule is CN(CCc1[nH]nc2c1C(=O)C=C(N1CCOCC1)C2=O)C(=O)[O-]. The second-order valence-corrected chi connectivity index (χ2v) is 5.69. The highest BCUT2D eigenvalue weighted by molar-refractivity contribution is 6.23. The molecule has 1 aromatic rings. The van der Waals surface area contributed by atoms with Crippen molar-refractivity contribution >= 4 is 17.7 Å². The maximum absolute atomic E-state index is 12.6. The fraction of sp³-hybridized carbons (Fsp3) is 0.467. The number of fused-ring (bicyclic) bond motifs is 1. The number of likely N-dealkylation sites (N-methyl/N-ethyl adjacent to an activating group) is 1. The minimum absolute atomic E-state index is 0.0927. The first kappa shape index (κ1) is 16.2. The predicted molar refractivity (Wildman–Crippen MR) is 79.5 cm³/mol. The summed E-state index contributed by atoms with van der Waals surface area (Å²) in [6.07, 6.45) is 0.268. The van der Waals surface area contributed by atoms with Gasteiger partial charge >= 0.3 is 0 Å². The van der Waals surface area contributed by atoms with Crippen LogP contribution in [0.4, 0.5) is 4.79 Å². The highest BCUT2D eigenvalue weighted by Gasteiger charge is 2.34. The van der Waals surface area contributed by atoms with Crippen LogP contribution in [0.15, 0.2) is 11.8 Å². The number of nitrogens with zero attached hydrogens (tertiary/aromatic N) is 3. The number of amides is 1. The molecule has 1 aliphatic heterocycles. The monoisotopic (exact) mass is 333 g/mol. The van der Waals surface area contributed by atoms with E-state index in [1.807, 2.05) is 4.90 Å². The number of H-pyrrole nitrogens is 1. The fourth-order valence-electron chi connectivity index (χ4n) is 2.78. The molecule has 3 rings (SSSR count). The number of morpholine rings is 1.